The van der Waals surface area contributed by atoms with Gasteiger partial charge in [0.05, 0.1) is 12.1 Å². The number of hydrogen-bond acceptors (Lipinski definition) is 3. The molecule has 0 radical (unpaired) electrons. The van der Waals surface area contributed by atoms with E-state index in [1.165, 1.54) is 0 Å². The standard InChI is InChI=1S/C18H19BrN2O/c1-12-5-6-14-7-8-15-16(22-10-4-3-9-19)11-13(2)21-18(15)17(14)20-12/h5-8,11H,3-4,9-10H2,1-2H3. The van der Waals surface area contributed by atoms with Crippen LogP contribution in [0.5, 0.6) is 5.75 Å². The van der Waals surface area contributed by atoms with Gasteiger partial charge in [0.25, 0.3) is 0 Å². The van der Waals surface area contributed by atoms with E-state index in [0.717, 1.165) is 63.7 Å². The van der Waals surface area contributed by atoms with Crippen LogP contribution in [0.4, 0.5) is 0 Å². The van der Waals surface area contributed by atoms with Crippen LogP contribution in [0.15, 0.2) is 30.3 Å². The van der Waals surface area contributed by atoms with Gasteiger partial charge in [-0.1, -0.05) is 28.1 Å². The molecule has 0 aliphatic heterocycles. The van der Waals surface area contributed by atoms with Crippen molar-refractivity contribution in [3.8, 4) is 5.75 Å². The van der Waals surface area contributed by atoms with Crippen molar-refractivity contribution in [2.24, 2.45) is 0 Å². The van der Waals surface area contributed by atoms with E-state index in [1.807, 2.05) is 26.0 Å². The fourth-order valence-corrected chi connectivity index (χ4v) is 2.95. The van der Waals surface area contributed by atoms with Gasteiger partial charge in [-0.25, -0.2) is 0 Å². The maximum absolute atomic E-state index is 5.99. The molecular formula is C18H19BrN2O. The van der Waals surface area contributed by atoms with E-state index in [9.17, 15) is 0 Å². The lowest BCUT2D eigenvalue weighted by atomic mass is 10.1. The molecule has 22 heavy (non-hydrogen) atoms. The molecule has 0 bridgehead atoms. The number of aryl methyl sites for hydroxylation is 2. The summed E-state index contributed by atoms with van der Waals surface area (Å²) in [6.45, 7) is 4.73. The van der Waals surface area contributed by atoms with Crippen molar-refractivity contribution >= 4 is 37.7 Å². The molecule has 0 saturated heterocycles. The molecular weight excluding hydrogens is 340 g/mol. The van der Waals surface area contributed by atoms with E-state index < -0.39 is 0 Å². The highest BCUT2D eigenvalue weighted by Gasteiger charge is 2.10. The Labute approximate surface area is 138 Å². The molecule has 0 aliphatic rings. The van der Waals surface area contributed by atoms with E-state index in [2.05, 4.69) is 39.1 Å². The first kappa shape index (κ1) is 15.2. The van der Waals surface area contributed by atoms with Gasteiger partial charge >= 0.3 is 0 Å². The minimum atomic E-state index is 0.726. The van der Waals surface area contributed by atoms with Crippen LogP contribution in [0.2, 0.25) is 0 Å². The number of nitrogens with zero attached hydrogens (tertiary/aromatic N) is 2. The van der Waals surface area contributed by atoms with Crippen LogP contribution >= 0.6 is 15.9 Å². The van der Waals surface area contributed by atoms with Gasteiger partial charge < -0.3 is 4.74 Å². The first-order valence-corrected chi connectivity index (χ1v) is 8.67. The van der Waals surface area contributed by atoms with Crippen molar-refractivity contribution in [2.75, 3.05) is 11.9 Å². The summed E-state index contributed by atoms with van der Waals surface area (Å²) >= 11 is 3.45. The number of benzene rings is 1. The SMILES string of the molecule is Cc1ccc2ccc3c(OCCCCBr)cc(C)nc3c2n1. The Bertz CT molecular complexity index is 817. The lowest BCUT2D eigenvalue weighted by Crippen LogP contribution is -2.00. The average Bonchev–Trinajstić information content (AvgIpc) is 2.51. The van der Waals surface area contributed by atoms with Crippen molar-refractivity contribution in [2.45, 2.75) is 26.7 Å². The smallest absolute Gasteiger partial charge is 0.130 e. The number of halogens is 1. The predicted molar refractivity (Wildman–Crippen MR) is 95.0 cm³/mol. The number of rotatable bonds is 5. The third-order valence-corrected chi connectivity index (χ3v) is 4.21. The fourth-order valence-electron chi connectivity index (χ4n) is 2.56. The number of unbranched alkanes of at least 4 members (excludes halogenated alkanes) is 1. The van der Waals surface area contributed by atoms with Crippen LogP contribution in [-0.4, -0.2) is 21.9 Å². The summed E-state index contributed by atoms with van der Waals surface area (Å²) in [6.07, 6.45) is 2.16. The number of fused-ring (bicyclic) bond motifs is 3. The van der Waals surface area contributed by atoms with E-state index in [1.54, 1.807) is 0 Å². The molecule has 0 saturated carbocycles. The zero-order chi connectivity index (χ0) is 15.5. The Morgan fingerprint density at radius 1 is 0.955 bits per heavy atom. The molecule has 0 aliphatic carbocycles. The lowest BCUT2D eigenvalue weighted by Gasteiger charge is -2.11. The molecule has 3 aromatic rings. The highest BCUT2D eigenvalue weighted by atomic mass is 79.9. The highest BCUT2D eigenvalue weighted by Crippen LogP contribution is 2.30. The molecule has 0 amide bonds. The topological polar surface area (TPSA) is 35.0 Å². The quantitative estimate of drug-likeness (QED) is 0.367. The monoisotopic (exact) mass is 358 g/mol. The van der Waals surface area contributed by atoms with Crippen molar-refractivity contribution in [1.82, 2.24) is 9.97 Å². The predicted octanol–water partition coefficient (Wildman–Crippen LogP) is 4.95. The molecule has 0 N–H and O–H groups in total. The van der Waals surface area contributed by atoms with Crippen molar-refractivity contribution < 1.29 is 4.74 Å². The second kappa shape index (κ2) is 6.61. The normalized spacial score (nSPS) is 11.2. The summed E-state index contributed by atoms with van der Waals surface area (Å²) in [7, 11) is 0. The number of alkyl halides is 1. The van der Waals surface area contributed by atoms with Crippen molar-refractivity contribution in [3.63, 3.8) is 0 Å². The number of pyridine rings is 2. The molecule has 3 rings (SSSR count). The molecule has 0 spiro atoms. The van der Waals surface area contributed by atoms with Gasteiger partial charge in [0.2, 0.25) is 0 Å². The summed E-state index contributed by atoms with van der Waals surface area (Å²) in [5, 5.41) is 3.16. The Hall–Kier alpha value is -1.68. The van der Waals surface area contributed by atoms with Gasteiger partial charge in [-0.05, 0) is 38.8 Å². The molecule has 2 heterocycles. The molecule has 0 atom stereocenters. The second-order valence-electron chi connectivity index (χ2n) is 5.49. The van der Waals surface area contributed by atoms with Crippen molar-refractivity contribution in [1.29, 1.82) is 0 Å². The van der Waals surface area contributed by atoms with Gasteiger partial charge in [0.1, 0.15) is 11.3 Å². The Kier molecular flexibility index (Phi) is 4.57. The van der Waals surface area contributed by atoms with Gasteiger partial charge in [-0.3, -0.25) is 9.97 Å². The highest BCUT2D eigenvalue weighted by molar-refractivity contribution is 9.09. The summed E-state index contributed by atoms with van der Waals surface area (Å²) in [5.41, 5.74) is 3.84. The largest absolute Gasteiger partial charge is 0.493 e. The number of aromatic nitrogens is 2. The molecule has 4 heteroatoms. The summed E-state index contributed by atoms with van der Waals surface area (Å²) in [5.74, 6) is 0.905. The Morgan fingerprint density at radius 2 is 1.73 bits per heavy atom. The van der Waals surface area contributed by atoms with Crippen LogP contribution < -0.4 is 4.74 Å². The molecule has 3 nitrogen and oxygen atoms in total. The number of ether oxygens (including phenoxy) is 1. The van der Waals surface area contributed by atoms with Gasteiger partial charge in [0.15, 0.2) is 0 Å². The van der Waals surface area contributed by atoms with Gasteiger partial charge in [-0.15, -0.1) is 0 Å². The van der Waals surface area contributed by atoms with Crippen LogP contribution in [0.25, 0.3) is 21.8 Å². The summed E-state index contributed by atoms with van der Waals surface area (Å²) in [4.78, 5) is 9.37. The maximum atomic E-state index is 5.99. The van der Waals surface area contributed by atoms with E-state index in [-0.39, 0.29) is 0 Å². The van der Waals surface area contributed by atoms with Gasteiger partial charge in [0, 0.05) is 33.6 Å². The first-order chi connectivity index (χ1) is 10.7. The molecule has 1 aromatic carbocycles. The van der Waals surface area contributed by atoms with E-state index in [4.69, 9.17) is 9.72 Å². The third kappa shape index (κ3) is 3.07. The second-order valence-corrected chi connectivity index (χ2v) is 6.29. The lowest BCUT2D eigenvalue weighted by molar-refractivity contribution is 0.313. The van der Waals surface area contributed by atoms with Crippen LogP contribution in [0.3, 0.4) is 0 Å². The number of hydrogen-bond donors (Lipinski definition) is 0. The van der Waals surface area contributed by atoms with Crippen LogP contribution in [0, 0.1) is 13.8 Å². The van der Waals surface area contributed by atoms with Gasteiger partial charge in [-0.2, -0.15) is 0 Å². The molecule has 2 aromatic heterocycles. The zero-order valence-electron chi connectivity index (χ0n) is 12.9. The zero-order valence-corrected chi connectivity index (χ0v) is 14.5. The average molecular weight is 359 g/mol. The molecule has 0 unspecified atom stereocenters. The van der Waals surface area contributed by atoms with E-state index >= 15 is 0 Å². The van der Waals surface area contributed by atoms with E-state index in [0.29, 0.717) is 0 Å². The van der Waals surface area contributed by atoms with Crippen LogP contribution in [-0.2, 0) is 0 Å². The van der Waals surface area contributed by atoms with Crippen molar-refractivity contribution in [3.05, 3.63) is 41.7 Å². The summed E-state index contributed by atoms with van der Waals surface area (Å²) < 4.78 is 5.99. The molecule has 114 valence electrons. The fraction of sp³-hybridized carbons (Fsp3) is 0.333. The minimum absolute atomic E-state index is 0.726. The Morgan fingerprint density at radius 3 is 2.55 bits per heavy atom. The molecule has 0 fully saturated rings. The third-order valence-electron chi connectivity index (χ3n) is 3.65. The van der Waals surface area contributed by atoms with Crippen LogP contribution in [0.1, 0.15) is 24.2 Å². The minimum Gasteiger partial charge on any atom is -0.493 e. The Balaban J connectivity index is 2.09. The summed E-state index contributed by atoms with van der Waals surface area (Å²) in [6, 6.07) is 10.3. The maximum Gasteiger partial charge on any atom is 0.130 e. The first-order valence-electron chi connectivity index (χ1n) is 7.55.